The molecule has 0 N–H and O–H groups in total. The zero-order valence-corrected chi connectivity index (χ0v) is 3.96. The summed E-state index contributed by atoms with van der Waals surface area (Å²) in [4.78, 5) is 0. The molecule has 0 aromatic rings. The van der Waals surface area contributed by atoms with Crippen LogP contribution in [-0.2, 0) is 0 Å². The molecule has 0 aliphatic heterocycles. The second-order valence-corrected chi connectivity index (χ2v) is 1.09. The van der Waals surface area contributed by atoms with Crippen molar-refractivity contribution in [3.63, 3.8) is 0 Å². The summed E-state index contributed by atoms with van der Waals surface area (Å²) in [7, 11) is 0. The Morgan fingerprint density at radius 3 is 2.25 bits per heavy atom. The normalized spacial score (nSPS) is 4.25. The summed E-state index contributed by atoms with van der Waals surface area (Å²) in [6, 6.07) is 0. The van der Waals surface area contributed by atoms with Crippen molar-refractivity contribution in [2.24, 2.45) is 0 Å². The molecule has 0 heterocycles. The number of hydrogen-bond donors (Lipinski definition) is 0. The molecule has 0 amide bonds. The standard InChI is InChI=1S/CH3B2Br/c1-2-3-4/h3H,1H2. The Morgan fingerprint density at radius 2 is 2.25 bits per heavy atom. The summed E-state index contributed by atoms with van der Waals surface area (Å²) in [5.41, 5.74) is 0. The van der Waals surface area contributed by atoms with E-state index in [-0.39, 0.29) is 0 Å². The number of rotatable bonds is 1. The van der Waals surface area contributed by atoms with Crippen LogP contribution < -0.4 is 0 Å². The van der Waals surface area contributed by atoms with Gasteiger partial charge in [0, 0.05) is 0 Å². The molecule has 0 rings (SSSR count). The van der Waals surface area contributed by atoms with E-state index in [0.717, 1.165) is 5.99 Å². The molecule has 3 heteroatoms. The van der Waals surface area contributed by atoms with Crippen LogP contribution in [0.1, 0.15) is 0 Å². The number of halogens is 1. The zero-order valence-electron chi connectivity index (χ0n) is 2.37. The van der Waals surface area contributed by atoms with Crippen LogP contribution >= 0.6 is 15.8 Å². The maximum absolute atomic E-state index is 3.43. The molecule has 0 fully saturated rings. The quantitative estimate of drug-likeness (QED) is 0.416. The second-order valence-electron chi connectivity index (χ2n) is 0.443. The van der Waals surface area contributed by atoms with E-state index in [1.165, 1.54) is 0 Å². The van der Waals surface area contributed by atoms with E-state index in [4.69, 9.17) is 0 Å². The van der Waals surface area contributed by atoms with E-state index in [1.807, 2.05) is 0 Å². The Balaban J connectivity index is 2.30. The first-order valence-corrected chi connectivity index (χ1v) is 2.21. The average molecular weight is 117 g/mol. The predicted molar refractivity (Wildman–Crippen MR) is 29.0 cm³/mol. The van der Waals surface area contributed by atoms with Gasteiger partial charge >= 0.3 is 35.0 Å². The minimum atomic E-state index is 0.896. The van der Waals surface area contributed by atoms with Crippen molar-refractivity contribution in [3.05, 3.63) is 0 Å². The van der Waals surface area contributed by atoms with Gasteiger partial charge in [-0.05, 0) is 0 Å². The summed E-state index contributed by atoms with van der Waals surface area (Å²) >= 11 is 3.13. The summed E-state index contributed by atoms with van der Waals surface area (Å²) in [5.74, 6) is 0.896. The van der Waals surface area contributed by atoms with Gasteiger partial charge in [0.2, 0.25) is 0 Å². The molecule has 0 saturated carbocycles. The topological polar surface area (TPSA) is 0 Å². The zero-order chi connectivity index (χ0) is 3.41. The van der Waals surface area contributed by atoms with E-state index in [2.05, 4.69) is 22.2 Å². The molecule has 0 atom stereocenters. The van der Waals surface area contributed by atoms with E-state index in [9.17, 15) is 0 Å². The summed E-state index contributed by atoms with van der Waals surface area (Å²) in [5, 5.41) is 0. The van der Waals surface area contributed by atoms with Gasteiger partial charge in [-0.3, -0.25) is 0 Å². The van der Waals surface area contributed by atoms with Crippen LogP contribution in [-0.4, -0.2) is 19.3 Å². The van der Waals surface area contributed by atoms with Gasteiger partial charge in [0.15, 0.2) is 0 Å². The molecule has 20 valence electrons. The van der Waals surface area contributed by atoms with Gasteiger partial charge in [-0.1, -0.05) is 0 Å². The van der Waals surface area contributed by atoms with Gasteiger partial charge in [-0.15, -0.1) is 0 Å². The Labute approximate surface area is 35.7 Å². The molecule has 0 nitrogen and oxygen atoms in total. The molecule has 4 heavy (non-hydrogen) atoms. The van der Waals surface area contributed by atoms with E-state index < -0.39 is 0 Å². The molecular formula is CH3B2Br. The van der Waals surface area contributed by atoms with Crippen molar-refractivity contribution in [3.8, 4) is 0 Å². The molecule has 0 aliphatic carbocycles. The fourth-order valence-electron chi connectivity index (χ4n) is 0. The summed E-state index contributed by atoms with van der Waals surface area (Å²) < 4.78 is 0. The summed E-state index contributed by atoms with van der Waals surface area (Å²) in [6.45, 7) is 5.22. The SMILES string of the molecule is C=BBBr. The van der Waals surface area contributed by atoms with E-state index >= 15 is 0 Å². The molecule has 0 aromatic carbocycles. The van der Waals surface area contributed by atoms with Crippen LogP contribution in [0.15, 0.2) is 0 Å². The fraction of sp³-hybridized carbons (Fsp3) is 0. The first-order chi connectivity index (χ1) is 1.91. The fourth-order valence-corrected chi connectivity index (χ4v) is 0. The molecule has 0 aliphatic rings. The van der Waals surface area contributed by atoms with Gasteiger partial charge in [0.25, 0.3) is 0 Å². The first kappa shape index (κ1) is 4.48. The number of hydrogen-bond acceptors (Lipinski definition) is 0. The van der Waals surface area contributed by atoms with Crippen LogP contribution in [0.25, 0.3) is 0 Å². The van der Waals surface area contributed by atoms with Crippen LogP contribution in [0, 0.1) is 0 Å². The van der Waals surface area contributed by atoms with Crippen molar-refractivity contribution in [2.45, 2.75) is 0 Å². The van der Waals surface area contributed by atoms with Crippen LogP contribution in [0.5, 0.6) is 0 Å². The van der Waals surface area contributed by atoms with Gasteiger partial charge in [0.1, 0.15) is 0 Å². The van der Waals surface area contributed by atoms with E-state index in [1.54, 1.807) is 6.81 Å². The van der Waals surface area contributed by atoms with Gasteiger partial charge in [-0.2, -0.15) is 0 Å². The van der Waals surface area contributed by atoms with Crippen molar-refractivity contribution in [1.82, 2.24) is 0 Å². The first-order valence-electron chi connectivity index (χ1n) is 1.08. The van der Waals surface area contributed by atoms with Gasteiger partial charge in [-0.25, -0.2) is 0 Å². The van der Waals surface area contributed by atoms with Gasteiger partial charge in [0.05, 0.1) is 0 Å². The van der Waals surface area contributed by atoms with Crippen molar-refractivity contribution in [1.29, 1.82) is 0 Å². The maximum atomic E-state index is 3.43. The molecule has 0 aromatic heterocycles. The van der Waals surface area contributed by atoms with Crippen LogP contribution in [0.2, 0.25) is 0 Å². The molecular weight excluding hydrogens is 114 g/mol. The Bertz CT molecular complexity index is 20.0. The van der Waals surface area contributed by atoms with Crippen molar-refractivity contribution >= 4 is 35.0 Å². The van der Waals surface area contributed by atoms with Crippen molar-refractivity contribution in [2.75, 3.05) is 0 Å². The minimum absolute atomic E-state index is 0.896. The second kappa shape index (κ2) is 3.48. The van der Waals surface area contributed by atoms with E-state index in [0.29, 0.717) is 0 Å². The molecule has 0 spiro atoms. The van der Waals surface area contributed by atoms with Crippen LogP contribution in [0.3, 0.4) is 0 Å². The average Bonchev–Trinajstić information content (AvgIpc) is 1.37. The monoisotopic (exact) mass is 116 g/mol. The Hall–Kier alpha value is 0.480. The third kappa shape index (κ3) is 2.48. The third-order valence-electron chi connectivity index (χ3n) is 0.109. The Kier molecular flexibility index (Phi) is 3.90. The molecule has 0 radical (unpaired) electrons. The van der Waals surface area contributed by atoms with Crippen molar-refractivity contribution < 1.29 is 0 Å². The molecule has 0 unspecified atom stereocenters. The van der Waals surface area contributed by atoms with Crippen LogP contribution in [0.4, 0.5) is 0 Å². The third-order valence-corrected chi connectivity index (χ3v) is 0.567. The predicted octanol–water partition coefficient (Wildman–Crippen LogP) is -0.216. The Morgan fingerprint density at radius 1 is 2.00 bits per heavy atom. The van der Waals surface area contributed by atoms with Gasteiger partial charge < -0.3 is 0 Å². The summed E-state index contributed by atoms with van der Waals surface area (Å²) in [6.07, 6.45) is 0. The molecule has 0 bridgehead atoms. The molecule has 0 saturated heterocycles.